The molecule has 2 aromatic rings. The Morgan fingerprint density at radius 1 is 1.36 bits per heavy atom. The zero-order valence-electron chi connectivity index (χ0n) is 7.57. The predicted molar refractivity (Wildman–Crippen MR) is 53.5 cm³/mol. The van der Waals surface area contributed by atoms with Gasteiger partial charge in [0.05, 0.1) is 6.57 Å². The minimum Gasteiger partial charge on any atom is -0.424 e. The van der Waals surface area contributed by atoms with E-state index in [-0.39, 0.29) is 0 Å². The lowest BCUT2D eigenvalue weighted by molar-refractivity contribution is 0.561. The number of fused-ring (bicyclic) bond motifs is 1. The summed E-state index contributed by atoms with van der Waals surface area (Å²) in [7, 11) is 0. The molecule has 0 aliphatic heterocycles. The van der Waals surface area contributed by atoms with Crippen LogP contribution in [0.1, 0.15) is 5.56 Å². The van der Waals surface area contributed by atoms with Gasteiger partial charge in [-0.05, 0) is 24.6 Å². The normalized spacial score (nSPS) is 10.0. The summed E-state index contributed by atoms with van der Waals surface area (Å²) in [5.41, 5.74) is 1.49. The molecule has 0 amide bonds. The first-order chi connectivity index (χ1) is 6.70. The molecule has 3 nitrogen and oxygen atoms in total. The molecule has 0 spiro atoms. The lowest BCUT2D eigenvalue weighted by Crippen LogP contribution is -1.94. The molecular weight excluding hydrogens is 178 g/mol. The molecule has 0 aliphatic carbocycles. The predicted octanol–water partition coefficient (Wildman–Crippen LogP) is 2.65. The van der Waals surface area contributed by atoms with Crippen molar-refractivity contribution in [3.05, 3.63) is 51.7 Å². The van der Waals surface area contributed by atoms with E-state index in [1.807, 2.05) is 13.0 Å². The largest absolute Gasteiger partial charge is 0.424 e. The fourth-order valence-corrected chi connectivity index (χ4v) is 1.34. The summed E-state index contributed by atoms with van der Waals surface area (Å²) in [6, 6.07) is 6.51. The molecule has 0 bridgehead atoms. The van der Waals surface area contributed by atoms with E-state index in [4.69, 9.17) is 11.0 Å². The molecule has 1 aromatic carbocycles. The minimum absolute atomic E-state index is 0.391. The Kier molecular flexibility index (Phi) is 1.83. The van der Waals surface area contributed by atoms with Crippen molar-refractivity contribution in [2.24, 2.45) is 0 Å². The van der Waals surface area contributed by atoms with Crippen molar-refractivity contribution in [3.8, 4) is 0 Å². The Balaban J connectivity index is 2.88. The average molecular weight is 185 g/mol. The molecule has 0 N–H and O–H groups in total. The van der Waals surface area contributed by atoms with Crippen LogP contribution in [-0.2, 0) is 0 Å². The van der Waals surface area contributed by atoms with Crippen LogP contribution in [0.5, 0.6) is 0 Å². The van der Waals surface area contributed by atoms with Gasteiger partial charge in [-0.2, -0.15) is 0 Å². The van der Waals surface area contributed by atoms with Gasteiger partial charge >= 0.3 is 5.63 Å². The highest BCUT2D eigenvalue weighted by Gasteiger charge is 2.02. The summed E-state index contributed by atoms with van der Waals surface area (Å²) in [4.78, 5) is 14.3. The third kappa shape index (κ3) is 1.27. The maximum absolute atomic E-state index is 10.9. The molecule has 1 heterocycles. The van der Waals surface area contributed by atoms with Crippen LogP contribution >= 0.6 is 0 Å². The van der Waals surface area contributed by atoms with Crippen LogP contribution in [0.4, 0.5) is 5.69 Å². The number of rotatable bonds is 0. The fraction of sp³-hybridized carbons (Fsp3) is 0.0909. The molecular formula is C11H7NO2. The Labute approximate surface area is 80.4 Å². The van der Waals surface area contributed by atoms with Gasteiger partial charge in [-0.15, -0.1) is 0 Å². The first-order valence-electron chi connectivity index (χ1n) is 4.12. The molecule has 0 saturated heterocycles. The number of benzene rings is 1. The van der Waals surface area contributed by atoms with Gasteiger partial charge in [0.25, 0.3) is 0 Å². The van der Waals surface area contributed by atoms with E-state index in [1.165, 1.54) is 6.07 Å². The highest BCUT2D eigenvalue weighted by Crippen LogP contribution is 2.24. The lowest BCUT2D eigenvalue weighted by atomic mass is 10.1. The number of aryl methyl sites for hydroxylation is 1. The van der Waals surface area contributed by atoms with Gasteiger partial charge < -0.3 is 4.42 Å². The van der Waals surface area contributed by atoms with Crippen LogP contribution in [0.25, 0.3) is 15.8 Å². The monoisotopic (exact) mass is 185 g/mol. The summed E-state index contributed by atoms with van der Waals surface area (Å²) >= 11 is 0. The van der Waals surface area contributed by atoms with Crippen molar-refractivity contribution in [2.75, 3.05) is 0 Å². The van der Waals surface area contributed by atoms with E-state index in [0.29, 0.717) is 11.3 Å². The van der Waals surface area contributed by atoms with E-state index in [9.17, 15) is 4.79 Å². The number of hydrogen-bond donors (Lipinski definition) is 0. The zero-order valence-corrected chi connectivity index (χ0v) is 7.57. The molecule has 2 rings (SSSR count). The smallest absolute Gasteiger partial charge is 0.336 e. The summed E-state index contributed by atoms with van der Waals surface area (Å²) in [6.07, 6.45) is 0. The summed E-state index contributed by atoms with van der Waals surface area (Å²) in [6.45, 7) is 8.78. The van der Waals surface area contributed by atoms with E-state index < -0.39 is 5.63 Å². The summed E-state index contributed by atoms with van der Waals surface area (Å²) < 4.78 is 4.96. The highest BCUT2D eigenvalue weighted by molar-refractivity contribution is 5.82. The highest BCUT2D eigenvalue weighted by atomic mass is 16.4. The van der Waals surface area contributed by atoms with Crippen molar-refractivity contribution in [2.45, 2.75) is 6.92 Å². The number of hydrogen-bond acceptors (Lipinski definition) is 2. The van der Waals surface area contributed by atoms with Crippen LogP contribution in [0.3, 0.4) is 0 Å². The topological polar surface area (TPSA) is 34.6 Å². The van der Waals surface area contributed by atoms with Crippen molar-refractivity contribution in [1.29, 1.82) is 0 Å². The quantitative estimate of drug-likeness (QED) is 0.467. The second-order valence-electron chi connectivity index (χ2n) is 3.04. The third-order valence-corrected chi connectivity index (χ3v) is 2.06. The lowest BCUT2D eigenvalue weighted by Gasteiger charge is -1.99. The van der Waals surface area contributed by atoms with Gasteiger partial charge in [0.15, 0.2) is 5.69 Å². The molecule has 14 heavy (non-hydrogen) atoms. The molecule has 0 saturated carbocycles. The molecule has 0 aliphatic rings. The average Bonchev–Trinajstić information content (AvgIpc) is 2.17. The Morgan fingerprint density at radius 3 is 2.86 bits per heavy atom. The van der Waals surface area contributed by atoms with Crippen molar-refractivity contribution in [1.82, 2.24) is 0 Å². The second kappa shape index (κ2) is 3.00. The standard InChI is InChI=1S/C11H7NO2/c1-7-5-8-3-4-11(13)14-10(8)6-9(7)12-2/h3-6H,1H3. The molecule has 0 radical (unpaired) electrons. The maximum atomic E-state index is 10.9. The van der Waals surface area contributed by atoms with Gasteiger partial charge in [-0.3, -0.25) is 0 Å². The van der Waals surface area contributed by atoms with E-state index >= 15 is 0 Å². The number of nitrogens with zero attached hydrogens (tertiary/aromatic N) is 1. The van der Waals surface area contributed by atoms with Crippen LogP contribution in [-0.4, -0.2) is 0 Å². The fourth-order valence-electron chi connectivity index (χ4n) is 1.34. The van der Waals surface area contributed by atoms with Gasteiger partial charge in [-0.1, -0.05) is 6.07 Å². The SMILES string of the molecule is [C-]#[N+]c1cc2oc(=O)ccc2cc1C. The third-order valence-electron chi connectivity index (χ3n) is 2.06. The van der Waals surface area contributed by atoms with Gasteiger partial charge in [0, 0.05) is 11.5 Å². The van der Waals surface area contributed by atoms with Gasteiger partial charge in [0.2, 0.25) is 0 Å². The first kappa shape index (κ1) is 8.52. The Hall–Kier alpha value is -2.08. The summed E-state index contributed by atoms with van der Waals surface area (Å²) in [5, 5.41) is 0.842. The van der Waals surface area contributed by atoms with Crippen LogP contribution < -0.4 is 5.63 Å². The van der Waals surface area contributed by atoms with Crippen molar-refractivity contribution >= 4 is 16.7 Å². The first-order valence-corrected chi connectivity index (χ1v) is 4.12. The Morgan fingerprint density at radius 2 is 2.14 bits per heavy atom. The summed E-state index contributed by atoms with van der Waals surface area (Å²) in [5.74, 6) is 0. The molecule has 0 atom stereocenters. The van der Waals surface area contributed by atoms with Crippen molar-refractivity contribution in [3.63, 3.8) is 0 Å². The van der Waals surface area contributed by atoms with Gasteiger partial charge in [0.1, 0.15) is 5.58 Å². The zero-order chi connectivity index (χ0) is 10.1. The molecule has 0 unspecified atom stereocenters. The van der Waals surface area contributed by atoms with E-state index in [2.05, 4.69) is 4.85 Å². The van der Waals surface area contributed by atoms with Crippen LogP contribution in [0.15, 0.2) is 33.5 Å². The van der Waals surface area contributed by atoms with Crippen LogP contribution in [0.2, 0.25) is 0 Å². The Bertz CT molecular complexity index is 590. The van der Waals surface area contributed by atoms with Crippen LogP contribution in [0, 0.1) is 13.5 Å². The molecule has 0 fully saturated rings. The van der Waals surface area contributed by atoms with E-state index in [1.54, 1.807) is 12.1 Å². The van der Waals surface area contributed by atoms with E-state index in [0.717, 1.165) is 10.9 Å². The molecule has 3 heteroatoms. The maximum Gasteiger partial charge on any atom is 0.336 e. The molecule has 68 valence electrons. The van der Waals surface area contributed by atoms with Crippen molar-refractivity contribution < 1.29 is 4.42 Å². The molecule has 1 aromatic heterocycles. The van der Waals surface area contributed by atoms with Gasteiger partial charge in [-0.25, -0.2) is 9.64 Å². The minimum atomic E-state index is -0.391. The second-order valence-corrected chi connectivity index (χ2v) is 3.04.